The van der Waals surface area contributed by atoms with Gasteiger partial charge in [0.05, 0.1) is 11.4 Å². The minimum absolute atomic E-state index is 0. The molecule has 0 amide bonds. The Labute approximate surface area is 254 Å². The fourth-order valence-electron chi connectivity index (χ4n) is 4.13. The van der Waals surface area contributed by atoms with Crippen molar-refractivity contribution in [2.45, 2.75) is 4.90 Å². The summed E-state index contributed by atoms with van der Waals surface area (Å²) in [6.45, 7) is 0. The fourth-order valence-corrected chi connectivity index (χ4v) is 4.83. The van der Waals surface area contributed by atoms with E-state index in [1.54, 1.807) is 36.4 Å². The zero-order valence-electron chi connectivity index (χ0n) is 21.2. The maximum absolute atomic E-state index is 11.7. The molecule has 0 saturated heterocycles. The monoisotopic (exact) mass is 581 g/mol. The molecule has 0 aliphatic carbocycles. The molecule has 5 aromatic rings. The first-order chi connectivity index (χ1) is 19.1. The standard InChI is InChI=1S/C27H18N4O8S.Na/c32-22-13-12-21(26(34)24(22)27(35)36)31-29-19-11-10-18(14-4-1-2-5-15(14)19)28-30-20-9-8-16-17(25(20)33)6-3-7-23(16)40(37,38)39;/h1-13,32-34H,(H,35,36)(H,37,38,39);/q;+1. The Morgan fingerprint density at radius 3 is 1.63 bits per heavy atom. The largest absolute Gasteiger partial charge is 1.00 e. The van der Waals surface area contributed by atoms with Gasteiger partial charge in [-0.25, -0.2) is 4.79 Å². The van der Waals surface area contributed by atoms with Crippen LogP contribution in [0.15, 0.2) is 104 Å². The molecule has 5 rings (SSSR count). The van der Waals surface area contributed by atoms with Gasteiger partial charge in [0.15, 0.2) is 11.5 Å². The van der Waals surface area contributed by atoms with Crippen LogP contribution < -0.4 is 29.6 Å². The number of carbonyl (C=O) groups is 1. The second-order valence-corrected chi connectivity index (χ2v) is 9.83. The predicted octanol–water partition coefficient (Wildman–Crippen LogP) is 3.89. The Kier molecular flexibility index (Phi) is 8.37. The van der Waals surface area contributed by atoms with Gasteiger partial charge in [-0.2, -0.15) is 8.42 Å². The first kappa shape index (κ1) is 29.6. The van der Waals surface area contributed by atoms with Crippen LogP contribution in [0.25, 0.3) is 21.5 Å². The van der Waals surface area contributed by atoms with E-state index in [2.05, 4.69) is 20.5 Å². The van der Waals surface area contributed by atoms with E-state index in [0.29, 0.717) is 22.1 Å². The topological polar surface area (TPSA) is 202 Å². The fraction of sp³-hybridized carbons (Fsp3) is 0. The number of carboxylic acid groups (broad SMARTS) is 1. The summed E-state index contributed by atoms with van der Waals surface area (Å²) in [7, 11) is -4.51. The Morgan fingerprint density at radius 2 is 1.07 bits per heavy atom. The van der Waals surface area contributed by atoms with Crippen LogP contribution in [-0.2, 0) is 10.1 Å². The Hall–Kier alpha value is -4.40. The van der Waals surface area contributed by atoms with Crippen LogP contribution >= 0.6 is 0 Å². The van der Waals surface area contributed by atoms with Gasteiger partial charge < -0.3 is 20.4 Å². The van der Waals surface area contributed by atoms with Crippen LogP contribution in [0.2, 0.25) is 0 Å². The molecule has 5 N–H and O–H groups in total. The van der Waals surface area contributed by atoms with Gasteiger partial charge >= 0.3 is 35.5 Å². The summed E-state index contributed by atoms with van der Waals surface area (Å²) in [5.41, 5.74) is -0.0216. The summed E-state index contributed by atoms with van der Waals surface area (Å²) in [6, 6.07) is 19.4. The summed E-state index contributed by atoms with van der Waals surface area (Å²) in [6.07, 6.45) is 0. The number of hydrogen-bond donors (Lipinski definition) is 5. The second-order valence-electron chi connectivity index (χ2n) is 8.44. The van der Waals surface area contributed by atoms with E-state index in [4.69, 9.17) is 0 Å². The van der Waals surface area contributed by atoms with Crippen molar-refractivity contribution in [2.24, 2.45) is 20.5 Å². The number of carboxylic acids is 1. The molecule has 200 valence electrons. The number of aromatic hydroxyl groups is 3. The van der Waals surface area contributed by atoms with E-state index < -0.39 is 33.1 Å². The van der Waals surface area contributed by atoms with Crippen molar-refractivity contribution in [3.8, 4) is 17.2 Å². The van der Waals surface area contributed by atoms with Crippen molar-refractivity contribution < 1.29 is 67.7 Å². The van der Waals surface area contributed by atoms with Crippen molar-refractivity contribution in [1.29, 1.82) is 0 Å². The quantitative estimate of drug-likeness (QED) is 0.113. The van der Waals surface area contributed by atoms with E-state index in [0.717, 1.165) is 6.07 Å². The van der Waals surface area contributed by atoms with Crippen molar-refractivity contribution in [3.05, 3.63) is 84.4 Å². The summed E-state index contributed by atoms with van der Waals surface area (Å²) < 4.78 is 32.8. The summed E-state index contributed by atoms with van der Waals surface area (Å²) in [4.78, 5) is 11.0. The van der Waals surface area contributed by atoms with Gasteiger partial charge in [-0.3, -0.25) is 4.55 Å². The molecule has 5 aromatic carbocycles. The first-order valence-corrected chi connectivity index (χ1v) is 12.9. The van der Waals surface area contributed by atoms with Gasteiger partial charge in [-0.05, 0) is 36.4 Å². The van der Waals surface area contributed by atoms with Crippen LogP contribution in [0.3, 0.4) is 0 Å². The molecular formula is C27H18N4NaO8S+. The number of nitrogens with zero attached hydrogens (tertiary/aromatic N) is 4. The molecule has 14 heteroatoms. The van der Waals surface area contributed by atoms with Crippen molar-refractivity contribution >= 4 is 60.4 Å². The van der Waals surface area contributed by atoms with E-state index in [9.17, 15) is 38.2 Å². The third-order valence-electron chi connectivity index (χ3n) is 6.01. The Bertz CT molecular complexity index is 2010. The van der Waals surface area contributed by atoms with E-state index >= 15 is 0 Å². The van der Waals surface area contributed by atoms with Crippen molar-refractivity contribution in [1.82, 2.24) is 0 Å². The molecule has 0 heterocycles. The number of aromatic carboxylic acids is 1. The molecule has 0 unspecified atom stereocenters. The molecule has 0 aliphatic rings. The number of hydrogen-bond acceptors (Lipinski definition) is 10. The third kappa shape index (κ3) is 5.75. The number of azo groups is 2. The van der Waals surface area contributed by atoms with Gasteiger partial charge in [-0.15, -0.1) is 20.5 Å². The van der Waals surface area contributed by atoms with Gasteiger partial charge in [0.1, 0.15) is 27.6 Å². The van der Waals surface area contributed by atoms with Gasteiger partial charge in [0.25, 0.3) is 10.1 Å². The molecule has 0 aliphatic heterocycles. The van der Waals surface area contributed by atoms with Crippen LogP contribution in [0.1, 0.15) is 10.4 Å². The Balaban J connectivity index is 0.00000387. The molecular weight excluding hydrogens is 563 g/mol. The predicted molar refractivity (Wildman–Crippen MR) is 144 cm³/mol. The number of phenolic OH excluding ortho intramolecular Hbond substituents is 1. The number of phenols is 3. The average molecular weight is 582 g/mol. The molecule has 0 fully saturated rings. The molecule has 0 radical (unpaired) electrons. The van der Waals surface area contributed by atoms with Crippen LogP contribution in [-0.4, -0.2) is 39.4 Å². The normalized spacial score (nSPS) is 11.8. The minimum Gasteiger partial charge on any atom is -0.507 e. The summed E-state index contributed by atoms with van der Waals surface area (Å²) in [5.74, 6) is -3.19. The molecule has 41 heavy (non-hydrogen) atoms. The third-order valence-corrected chi connectivity index (χ3v) is 6.92. The second kappa shape index (κ2) is 11.6. The van der Waals surface area contributed by atoms with Crippen LogP contribution in [0, 0.1) is 0 Å². The summed E-state index contributed by atoms with van der Waals surface area (Å²) in [5, 5.41) is 57.8. The van der Waals surface area contributed by atoms with Crippen LogP contribution in [0.4, 0.5) is 22.7 Å². The maximum atomic E-state index is 11.7. The van der Waals surface area contributed by atoms with E-state index in [1.165, 1.54) is 36.4 Å². The molecule has 0 aromatic heterocycles. The zero-order chi connectivity index (χ0) is 28.6. The van der Waals surface area contributed by atoms with Gasteiger partial charge in [0.2, 0.25) is 0 Å². The molecule has 12 nitrogen and oxygen atoms in total. The first-order valence-electron chi connectivity index (χ1n) is 11.4. The zero-order valence-corrected chi connectivity index (χ0v) is 24.0. The van der Waals surface area contributed by atoms with E-state index in [1.807, 2.05) is 0 Å². The number of benzene rings is 5. The SMILES string of the molecule is O=C(O)c1c(O)ccc(N=Nc2ccc(N=Nc3ccc4c(S(=O)(=O)O)cccc4c3O)c3ccccc23)c1O.[Na+]. The smallest absolute Gasteiger partial charge is 0.507 e. The molecule has 0 saturated carbocycles. The molecule has 0 bridgehead atoms. The Morgan fingerprint density at radius 1 is 0.585 bits per heavy atom. The van der Waals surface area contributed by atoms with Crippen molar-refractivity contribution in [2.75, 3.05) is 0 Å². The van der Waals surface area contributed by atoms with Gasteiger partial charge in [-0.1, -0.05) is 42.5 Å². The summed E-state index contributed by atoms with van der Waals surface area (Å²) >= 11 is 0. The minimum atomic E-state index is -4.51. The molecule has 0 atom stereocenters. The average Bonchev–Trinajstić information content (AvgIpc) is 2.92. The molecule has 0 spiro atoms. The van der Waals surface area contributed by atoms with Gasteiger partial charge in [0, 0.05) is 21.5 Å². The van der Waals surface area contributed by atoms with Crippen molar-refractivity contribution in [3.63, 3.8) is 0 Å². The van der Waals surface area contributed by atoms with Crippen LogP contribution in [0.5, 0.6) is 17.2 Å². The number of fused-ring (bicyclic) bond motifs is 2. The maximum Gasteiger partial charge on any atom is 1.00 e. The van der Waals surface area contributed by atoms with E-state index in [-0.39, 0.29) is 62.3 Å². The number of rotatable bonds is 6.